The second-order valence-electron chi connectivity index (χ2n) is 4.38. The van der Waals surface area contributed by atoms with Crippen LogP contribution in [0.25, 0.3) is 0 Å². The Morgan fingerprint density at radius 3 is 2.47 bits per heavy atom. The molecule has 1 aromatic heterocycles. The lowest BCUT2D eigenvalue weighted by molar-refractivity contribution is 0.548. The average Bonchev–Trinajstić information content (AvgIpc) is 2.41. The predicted molar refractivity (Wildman–Crippen MR) is 86.2 cm³/mol. The molecule has 2 aromatic rings. The highest BCUT2D eigenvalue weighted by molar-refractivity contribution is 9.10. The van der Waals surface area contributed by atoms with Gasteiger partial charge in [0.1, 0.15) is 0 Å². The molecule has 1 unspecified atom stereocenters. The van der Waals surface area contributed by atoms with Crippen LogP contribution in [0.5, 0.6) is 0 Å². The number of pyridine rings is 1. The van der Waals surface area contributed by atoms with E-state index in [1.807, 2.05) is 12.4 Å². The van der Waals surface area contributed by atoms with Gasteiger partial charge in [-0.1, -0.05) is 35.0 Å². The van der Waals surface area contributed by atoms with Crippen LogP contribution in [0.4, 0.5) is 0 Å². The van der Waals surface area contributed by atoms with Gasteiger partial charge in [0.25, 0.3) is 0 Å². The molecule has 0 aliphatic heterocycles. The molecule has 0 aliphatic carbocycles. The van der Waals surface area contributed by atoms with Crippen molar-refractivity contribution in [2.75, 3.05) is 6.54 Å². The van der Waals surface area contributed by atoms with E-state index in [1.54, 1.807) is 0 Å². The molecule has 100 valence electrons. The van der Waals surface area contributed by atoms with Crippen molar-refractivity contribution in [2.45, 2.75) is 19.4 Å². The van der Waals surface area contributed by atoms with Crippen molar-refractivity contribution >= 4 is 31.9 Å². The van der Waals surface area contributed by atoms with Gasteiger partial charge in [0, 0.05) is 27.4 Å². The van der Waals surface area contributed by atoms with Crippen molar-refractivity contribution in [1.82, 2.24) is 10.3 Å². The van der Waals surface area contributed by atoms with Crippen molar-refractivity contribution in [2.24, 2.45) is 0 Å². The highest BCUT2D eigenvalue weighted by Crippen LogP contribution is 2.21. The van der Waals surface area contributed by atoms with Gasteiger partial charge >= 0.3 is 0 Å². The smallest absolute Gasteiger partial charge is 0.0410 e. The third-order valence-corrected chi connectivity index (χ3v) is 3.89. The number of hydrogen-bond donors (Lipinski definition) is 1. The third-order valence-electron chi connectivity index (χ3n) is 2.93. The van der Waals surface area contributed by atoms with Gasteiger partial charge in [-0.25, -0.2) is 0 Å². The first kappa shape index (κ1) is 14.7. The lowest BCUT2D eigenvalue weighted by atomic mass is 10.0. The van der Waals surface area contributed by atoms with Crippen molar-refractivity contribution in [3.8, 4) is 0 Å². The van der Waals surface area contributed by atoms with Crippen LogP contribution in [0.3, 0.4) is 0 Å². The van der Waals surface area contributed by atoms with E-state index in [9.17, 15) is 0 Å². The quantitative estimate of drug-likeness (QED) is 0.822. The Morgan fingerprint density at radius 1 is 1.11 bits per heavy atom. The molecule has 2 nitrogen and oxygen atoms in total. The van der Waals surface area contributed by atoms with Crippen molar-refractivity contribution in [3.05, 3.63) is 62.8 Å². The van der Waals surface area contributed by atoms with Crippen LogP contribution >= 0.6 is 31.9 Å². The largest absolute Gasteiger partial charge is 0.310 e. The first-order valence-electron chi connectivity index (χ1n) is 6.27. The van der Waals surface area contributed by atoms with E-state index >= 15 is 0 Å². The van der Waals surface area contributed by atoms with Crippen molar-refractivity contribution in [1.29, 1.82) is 0 Å². The molecule has 0 bridgehead atoms. The summed E-state index contributed by atoms with van der Waals surface area (Å²) in [5.41, 5.74) is 2.52. The van der Waals surface area contributed by atoms with E-state index in [1.165, 1.54) is 11.1 Å². The highest BCUT2D eigenvalue weighted by atomic mass is 79.9. The molecule has 2 rings (SSSR count). The fourth-order valence-electron chi connectivity index (χ4n) is 2.03. The Hall–Kier alpha value is -0.710. The maximum Gasteiger partial charge on any atom is 0.0410 e. The van der Waals surface area contributed by atoms with Crippen molar-refractivity contribution in [3.63, 3.8) is 0 Å². The lowest BCUT2D eigenvalue weighted by Crippen LogP contribution is -2.23. The van der Waals surface area contributed by atoms with Crippen LogP contribution in [-0.4, -0.2) is 11.5 Å². The molecular weight excluding hydrogens is 368 g/mol. The number of nitrogens with zero attached hydrogens (tertiary/aromatic N) is 1. The molecule has 0 spiro atoms. The van der Waals surface area contributed by atoms with Crippen LogP contribution in [0.15, 0.2) is 51.7 Å². The number of benzene rings is 1. The van der Waals surface area contributed by atoms with Gasteiger partial charge in [-0.3, -0.25) is 4.98 Å². The van der Waals surface area contributed by atoms with Gasteiger partial charge in [0.15, 0.2) is 0 Å². The summed E-state index contributed by atoms with van der Waals surface area (Å²) < 4.78 is 2.13. The van der Waals surface area contributed by atoms with Gasteiger partial charge in [0.05, 0.1) is 0 Å². The second kappa shape index (κ2) is 7.17. The Bertz CT molecular complexity index is 526. The number of nitrogens with one attached hydrogen (secondary N) is 1. The zero-order valence-electron chi connectivity index (χ0n) is 10.7. The molecule has 1 N–H and O–H groups in total. The predicted octanol–water partition coefficient (Wildman–Crippen LogP) is 4.50. The summed E-state index contributed by atoms with van der Waals surface area (Å²) in [7, 11) is 0. The van der Waals surface area contributed by atoms with Gasteiger partial charge in [0.2, 0.25) is 0 Å². The van der Waals surface area contributed by atoms with Crippen molar-refractivity contribution < 1.29 is 0 Å². The van der Waals surface area contributed by atoms with E-state index in [0.717, 1.165) is 21.9 Å². The van der Waals surface area contributed by atoms with E-state index in [4.69, 9.17) is 0 Å². The molecule has 0 saturated carbocycles. The monoisotopic (exact) mass is 382 g/mol. The zero-order valence-corrected chi connectivity index (χ0v) is 13.9. The summed E-state index contributed by atoms with van der Waals surface area (Å²) in [6.45, 7) is 3.06. The van der Waals surface area contributed by atoms with Gasteiger partial charge < -0.3 is 5.32 Å². The fraction of sp³-hybridized carbons (Fsp3) is 0.267. The fourth-order valence-corrected chi connectivity index (χ4v) is 2.68. The average molecular weight is 384 g/mol. The minimum Gasteiger partial charge on any atom is -0.310 e. The molecule has 0 amide bonds. The second-order valence-corrected chi connectivity index (χ2v) is 6.21. The summed E-state index contributed by atoms with van der Waals surface area (Å²) in [5, 5.41) is 3.52. The SMILES string of the molecule is CCNC(Cc1ccc(Br)cc1)c1cncc(Br)c1. The Labute approximate surface area is 130 Å². The minimum absolute atomic E-state index is 0.288. The van der Waals surface area contributed by atoms with Gasteiger partial charge in [-0.05, 0) is 58.2 Å². The molecule has 0 saturated heterocycles. The van der Waals surface area contributed by atoms with Crippen LogP contribution in [0.2, 0.25) is 0 Å². The zero-order chi connectivity index (χ0) is 13.7. The van der Waals surface area contributed by atoms with E-state index < -0.39 is 0 Å². The highest BCUT2D eigenvalue weighted by Gasteiger charge is 2.11. The molecule has 4 heteroatoms. The molecule has 1 atom stereocenters. The summed E-state index contributed by atoms with van der Waals surface area (Å²) in [4.78, 5) is 4.25. The third kappa shape index (κ3) is 4.41. The normalized spacial score (nSPS) is 12.4. The standard InChI is InChI=1S/C15H16Br2N2/c1-2-19-15(12-8-14(17)10-18-9-12)7-11-3-5-13(16)6-4-11/h3-6,8-10,15,19H,2,7H2,1H3. The topological polar surface area (TPSA) is 24.9 Å². The van der Waals surface area contributed by atoms with E-state index in [-0.39, 0.29) is 6.04 Å². The molecule has 0 fully saturated rings. The number of aromatic nitrogens is 1. The Balaban J connectivity index is 2.18. The van der Waals surface area contributed by atoms with Crippen LogP contribution in [0, 0.1) is 0 Å². The number of halogens is 2. The first-order valence-corrected chi connectivity index (χ1v) is 7.86. The van der Waals surface area contributed by atoms with E-state index in [0.29, 0.717) is 0 Å². The summed E-state index contributed by atoms with van der Waals surface area (Å²) in [5.74, 6) is 0. The van der Waals surface area contributed by atoms with Gasteiger partial charge in [-0.2, -0.15) is 0 Å². The number of rotatable bonds is 5. The van der Waals surface area contributed by atoms with Crippen LogP contribution in [-0.2, 0) is 6.42 Å². The lowest BCUT2D eigenvalue weighted by Gasteiger charge is -2.18. The molecular formula is C15H16Br2N2. The summed E-state index contributed by atoms with van der Waals surface area (Å²) >= 11 is 6.95. The van der Waals surface area contributed by atoms with Gasteiger partial charge in [-0.15, -0.1) is 0 Å². The minimum atomic E-state index is 0.288. The maximum atomic E-state index is 4.25. The summed E-state index contributed by atoms with van der Waals surface area (Å²) in [6, 6.07) is 10.9. The molecule has 19 heavy (non-hydrogen) atoms. The number of likely N-dealkylation sites (N-methyl/N-ethyl adjacent to an activating group) is 1. The van der Waals surface area contributed by atoms with E-state index in [2.05, 4.69) is 79.4 Å². The first-order chi connectivity index (χ1) is 9.19. The Kier molecular flexibility index (Phi) is 5.55. The number of hydrogen-bond acceptors (Lipinski definition) is 2. The molecule has 1 heterocycles. The Morgan fingerprint density at radius 2 is 1.84 bits per heavy atom. The molecule has 0 aliphatic rings. The molecule has 0 radical (unpaired) electrons. The van der Waals surface area contributed by atoms with Crippen LogP contribution < -0.4 is 5.32 Å². The maximum absolute atomic E-state index is 4.25. The van der Waals surface area contributed by atoms with Crippen LogP contribution in [0.1, 0.15) is 24.1 Å². The summed E-state index contributed by atoms with van der Waals surface area (Å²) in [6.07, 6.45) is 4.70. The molecule has 1 aromatic carbocycles.